The number of anilines is 2. The van der Waals surface area contributed by atoms with Crippen LogP contribution >= 0.6 is 12.4 Å². The number of fused-ring (bicyclic) bond motifs is 1. The van der Waals surface area contributed by atoms with E-state index in [1.54, 1.807) is 0 Å². The third-order valence-corrected chi connectivity index (χ3v) is 4.29. The summed E-state index contributed by atoms with van der Waals surface area (Å²) in [5.41, 5.74) is 12.0. The Morgan fingerprint density at radius 2 is 1.91 bits per heavy atom. The van der Waals surface area contributed by atoms with Crippen molar-refractivity contribution in [3.05, 3.63) is 58.7 Å². The molecule has 1 aliphatic rings. The van der Waals surface area contributed by atoms with Gasteiger partial charge in [0.1, 0.15) is 0 Å². The fraction of sp³-hybridized carbons (Fsp3) is 0.278. The lowest BCUT2D eigenvalue weighted by Crippen LogP contribution is -2.35. The van der Waals surface area contributed by atoms with Crippen LogP contribution in [-0.4, -0.2) is 12.5 Å². The summed E-state index contributed by atoms with van der Waals surface area (Å²) in [6.07, 6.45) is 1.90. The zero-order chi connectivity index (χ0) is 15.0. The second-order valence-electron chi connectivity index (χ2n) is 5.70. The Kier molecular flexibility index (Phi) is 4.77. The molecule has 0 unspecified atom stereocenters. The topological polar surface area (TPSA) is 46.3 Å². The second kappa shape index (κ2) is 6.41. The number of carbonyl (C=O) groups is 1. The standard InChI is InChI=1S/C18H20N2O.ClH/c1-12-8-9-14(11-13(12)2)18(21)20-10-4-5-15-16(19)6-3-7-17(15)20;/h3,6-9,11H,4-5,10,19H2,1-2H3;1H. The maximum Gasteiger partial charge on any atom is 0.258 e. The molecular formula is C18H21ClN2O. The number of rotatable bonds is 1. The number of amides is 1. The van der Waals surface area contributed by atoms with Crippen molar-refractivity contribution in [2.75, 3.05) is 17.2 Å². The van der Waals surface area contributed by atoms with Crippen molar-refractivity contribution in [2.24, 2.45) is 0 Å². The lowest BCUT2D eigenvalue weighted by molar-refractivity contribution is 0.0985. The number of benzene rings is 2. The fourth-order valence-electron chi connectivity index (χ4n) is 2.89. The van der Waals surface area contributed by atoms with Gasteiger partial charge in [0.05, 0.1) is 0 Å². The Labute approximate surface area is 137 Å². The van der Waals surface area contributed by atoms with Gasteiger partial charge in [-0.3, -0.25) is 4.79 Å². The molecule has 0 aromatic heterocycles. The van der Waals surface area contributed by atoms with E-state index in [-0.39, 0.29) is 18.3 Å². The van der Waals surface area contributed by atoms with E-state index in [0.717, 1.165) is 47.5 Å². The maximum atomic E-state index is 12.8. The van der Waals surface area contributed by atoms with E-state index in [0.29, 0.717) is 0 Å². The lowest BCUT2D eigenvalue weighted by Gasteiger charge is -2.30. The van der Waals surface area contributed by atoms with Gasteiger partial charge in [-0.15, -0.1) is 12.4 Å². The van der Waals surface area contributed by atoms with Gasteiger partial charge in [0.15, 0.2) is 0 Å². The summed E-state index contributed by atoms with van der Waals surface area (Å²) in [6, 6.07) is 11.7. The molecule has 0 saturated heterocycles. The number of hydrogen-bond acceptors (Lipinski definition) is 2. The number of carbonyl (C=O) groups excluding carboxylic acids is 1. The maximum absolute atomic E-state index is 12.8. The van der Waals surface area contributed by atoms with E-state index in [1.165, 1.54) is 5.56 Å². The van der Waals surface area contributed by atoms with Gasteiger partial charge in [0.25, 0.3) is 5.91 Å². The summed E-state index contributed by atoms with van der Waals surface area (Å²) in [4.78, 5) is 14.7. The normalized spacial score (nSPS) is 13.3. The van der Waals surface area contributed by atoms with Crippen molar-refractivity contribution >= 4 is 29.7 Å². The molecule has 0 saturated carbocycles. The minimum atomic E-state index is 0. The smallest absolute Gasteiger partial charge is 0.258 e. The number of nitrogen functional groups attached to an aromatic ring is 1. The number of aryl methyl sites for hydroxylation is 2. The molecule has 0 spiro atoms. The Morgan fingerprint density at radius 1 is 1.14 bits per heavy atom. The van der Waals surface area contributed by atoms with Crippen LogP contribution in [0, 0.1) is 13.8 Å². The molecule has 1 heterocycles. The number of nitrogens with zero attached hydrogens (tertiary/aromatic N) is 1. The van der Waals surface area contributed by atoms with Crippen LogP contribution in [0.2, 0.25) is 0 Å². The van der Waals surface area contributed by atoms with Crippen LogP contribution in [0.15, 0.2) is 36.4 Å². The Morgan fingerprint density at radius 3 is 2.64 bits per heavy atom. The van der Waals surface area contributed by atoms with Crippen molar-refractivity contribution in [1.29, 1.82) is 0 Å². The summed E-state index contributed by atoms with van der Waals surface area (Å²) < 4.78 is 0. The fourth-order valence-corrected chi connectivity index (χ4v) is 2.89. The molecule has 0 aliphatic carbocycles. The van der Waals surface area contributed by atoms with Gasteiger partial charge >= 0.3 is 0 Å². The van der Waals surface area contributed by atoms with Crippen LogP contribution in [0.4, 0.5) is 11.4 Å². The van der Waals surface area contributed by atoms with Gasteiger partial charge in [-0.1, -0.05) is 12.1 Å². The average Bonchev–Trinajstić information content (AvgIpc) is 2.49. The first-order valence-electron chi connectivity index (χ1n) is 7.34. The van der Waals surface area contributed by atoms with Crippen LogP contribution in [0.1, 0.15) is 33.5 Å². The first-order chi connectivity index (χ1) is 10.1. The highest BCUT2D eigenvalue weighted by molar-refractivity contribution is 6.07. The zero-order valence-electron chi connectivity index (χ0n) is 12.9. The van der Waals surface area contributed by atoms with Crippen LogP contribution in [0.25, 0.3) is 0 Å². The quantitative estimate of drug-likeness (QED) is 0.811. The molecule has 0 fully saturated rings. The highest BCUT2D eigenvalue weighted by Crippen LogP contribution is 2.32. The van der Waals surface area contributed by atoms with Gasteiger partial charge in [-0.25, -0.2) is 0 Å². The van der Waals surface area contributed by atoms with Gasteiger partial charge in [-0.2, -0.15) is 0 Å². The summed E-state index contributed by atoms with van der Waals surface area (Å²) in [6.45, 7) is 4.84. The van der Waals surface area contributed by atoms with Crippen molar-refractivity contribution in [3.8, 4) is 0 Å². The summed E-state index contributed by atoms with van der Waals surface area (Å²) in [5, 5.41) is 0. The van der Waals surface area contributed by atoms with Gasteiger partial charge in [-0.05, 0) is 67.6 Å². The number of hydrogen-bond donors (Lipinski definition) is 1. The Hall–Kier alpha value is -2.00. The SMILES string of the molecule is Cc1ccc(C(=O)N2CCCc3c(N)cccc32)cc1C.Cl. The third kappa shape index (κ3) is 2.81. The van der Waals surface area contributed by atoms with Crippen LogP contribution < -0.4 is 10.6 Å². The van der Waals surface area contributed by atoms with Gasteiger partial charge < -0.3 is 10.6 Å². The minimum absolute atomic E-state index is 0. The molecule has 2 N–H and O–H groups in total. The first kappa shape index (κ1) is 16.4. The summed E-state index contributed by atoms with van der Waals surface area (Å²) in [7, 11) is 0. The molecule has 0 atom stereocenters. The minimum Gasteiger partial charge on any atom is -0.398 e. The third-order valence-electron chi connectivity index (χ3n) is 4.29. The summed E-state index contributed by atoms with van der Waals surface area (Å²) >= 11 is 0. The van der Waals surface area contributed by atoms with E-state index < -0.39 is 0 Å². The van der Waals surface area contributed by atoms with E-state index in [4.69, 9.17) is 5.73 Å². The average molecular weight is 317 g/mol. The monoisotopic (exact) mass is 316 g/mol. The molecule has 116 valence electrons. The predicted molar refractivity (Wildman–Crippen MR) is 94.0 cm³/mol. The molecule has 1 amide bonds. The van der Waals surface area contributed by atoms with Crippen LogP contribution in [-0.2, 0) is 6.42 Å². The molecule has 1 aliphatic heterocycles. The van der Waals surface area contributed by atoms with Crippen LogP contribution in [0.5, 0.6) is 0 Å². The largest absolute Gasteiger partial charge is 0.398 e. The van der Waals surface area contributed by atoms with Crippen LogP contribution in [0.3, 0.4) is 0 Å². The van der Waals surface area contributed by atoms with E-state index in [1.807, 2.05) is 48.2 Å². The Bertz CT molecular complexity index is 712. The van der Waals surface area contributed by atoms with E-state index in [2.05, 4.69) is 6.92 Å². The summed E-state index contributed by atoms with van der Waals surface area (Å²) in [5.74, 6) is 0.0599. The van der Waals surface area contributed by atoms with Crippen molar-refractivity contribution in [2.45, 2.75) is 26.7 Å². The molecular weight excluding hydrogens is 296 g/mol. The van der Waals surface area contributed by atoms with E-state index >= 15 is 0 Å². The first-order valence-corrected chi connectivity index (χ1v) is 7.34. The molecule has 3 nitrogen and oxygen atoms in total. The second-order valence-corrected chi connectivity index (χ2v) is 5.70. The molecule has 22 heavy (non-hydrogen) atoms. The number of nitrogens with two attached hydrogens (primary N) is 1. The molecule has 2 aromatic rings. The molecule has 0 bridgehead atoms. The van der Waals surface area contributed by atoms with Crippen molar-refractivity contribution in [1.82, 2.24) is 0 Å². The molecule has 2 aromatic carbocycles. The predicted octanol–water partition coefficient (Wildman–Crippen LogP) is 3.90. The highest BCUT2D eigenvalue weighted by atomic mass is 35.5. The van der Waals surface area contributed by atoms with Gasteiger partial charge in [0, 0.05) is 23.5 Å². The Balaban J connectivity index is 0.00000176. The molecule has 3 rings (SSSR count). The number of halogens is 1. The van der Waals surface area contributed by atoms with Crippen molar-refractivity contribution < 1.29 is 4.79 Å². The zero-order valence-corrected chi connectivity index (χ0v) is 13.7. The van der Waals surface area contributed by atoms with Crippen molar-refractivity contribution in [3.63, 3.8) is 0 Å². The highest BCUT2D eigenvalue weighted by Gasteiger charge is 2.24. The van der Waals surface area contributed by atoms with E-state index in [9.17, 15) is 4.79 Å². The van der Waals surface area contributed by atoms with Gasteiger partial charge in [0.2, 0.25) is 0 Å². The molecule has 4 heteroatoms. The molecule has 0 radical (unpaired) electrons. The lowest BCUT2D eigenvalue weighted by atomic mass is 9.98.